The second-order valence-electron chi connectivity index (χ2n) is 4.74. The Hall–Kier alpha value is -0.860. The lowest BCUT2D eigenvalue weighted by atomic mass is 10.1. The number of nitrogens with two attached hydrogens (primary N) is 1. The van der Waals surface area contributed by atoms with Gasteiger partial charge in [-0.1, -0.05) is 12.2 Å². The highest BCUT2D eigenvalue weighted by molar-refractivity contribution is 8.01. The number of sulfone groups is 1. The molecule has 20 heavy (non-hydrogen) atoms. The van der Waals surface area contributed by atoms with Gasteiger partial charge < -0.3 is 10.6 Å². The molecule has 2 N–H and O–H groups in total. The van der Waals surface area contributed by atoms with Crippen molar-refractivity contribution < 1.29 is 8.42 Å². The van der Waals surface area contributed by atoms with E-state index in [4.69, 9.17) is 18.0 Å². The van der Waals surface area contributed by atoms with Gasteiger partial charge in [0, 0.05) is 30.5 Å². The van der Waals surface area contributed by atoms with Crippen molar-refractivity contribution in [2.24, 2.45) is 5.73 Å². The molecule has 1 atom stereocenters. The zero-order chi connectivity index (χ0) is 14.9. The minimum atomic E-state index is -3.20. The minimum Gasteiger partial charge on any atom is -0.389 e. The fourth-order valence-corrected chi connectivity index (χ4v) is 5.32. The number of rotatable bonds is 3. The zero-order valence-corrected chi connectivity index (χ0v) is 13.8. The van der Waals surface area contributed by atoms with Gasteiger partial charge in [-0.25, -0.2) is 13.4 Å². The van der Waals surface area contributed by atoms with E-state index in [1.165, 1.54) is 6.26 Å². The molecule has 1 saturated heterocycles. The molecule has 110 valence electrons. The maximum atomic E-state index is 12.0. The molecular formula is C12H17N3O2S3. The number of thiocarbonyl (C=S) groups is 1. The number of hydrogen-bond donors (Lipinski definition) is 1. The average molecular weight is 331 g/mol. The van der Waals surface area contributed by atoms with Crippen molar-refractivity contribution in [3.63, 3.8) is 0 Å². The molecule has 0 aromatic carbocycles. The van der Waals surface area contributed by atoms with Crippen molar-refractivity contribution in [3.05, 3.63) is 23.4 Å². The van der Waals surface area contributed by atoms with Crippen LogP contribution in [-0.4, -0.2) is 48.1 Å². The summed E-state index contributed by atoms with van der Waals surface area (Å²) in [6, 6.07) is 1.83. The Kier molecular flexibility index (Phi) is 4.55. The van der Waals surface area contributed by atoms with Crippen LogP contribution in [0.2, 0.25) is 0 Å². The normalized spacial score (nSPS) is 19.9. The molecule has 1 fully saturated rings. The number of aryl methyl sites for hydroxylation is 1. The van der Waals surface area contributed by atoms with Crippen LogP contribution in [0.1, 0.15) is 11.1 Å². The summed E-state index contributed by atoms with van der Waals surface area (Å²) in [5.74, 6) is 1.97. The maximum absolute atomic E-state index is 12.0. The average Bonchev–Trinajstić information content (AvgIpc) is 2.37. The van der Waals surface area contributed by atoms with E-state index in [9.17, 15) is 8.42 Å². The van der Waals surface area contributed by atoms with Gasteiger partial charge in [0.2, 0.25) is 0 Å². The van der Waals surface area contributed by atoms with E-state index >= 15 is 0 Å². The molecule has 1 aliphatic rings. The third-order valence-electron chi connectivity index (χ3n) is 3.24. The molecule has 8 heteroatoms. The van der Waals surface area contributed by atoms with Gasteiger partial charge in [0.15, 0.2) is 9.84 Å². The summed E-state index contributed by atoms with van der Waals surface area (Å²) in [6.07, 6.45) is 2.92. The number of anilines is 1. The van der Waals surface area contributed by atoms with Crippen molar-refractivity contribution >= 4 is 44.6 Å². The minimum absolute atomic E-state index is 0.246. The monoisotopic (exact) mass is 331 g/mol. The first-order valence-electron chi connectivity index (χ1n) is 6.11. The van der Waals surface area contributed by atoms with E-state index in [2.05, 4.69) is 4.98 Å². The number of aromatic nitrogens is 1. The fraction of sp³-hybridized carbons (Fsp3) is 0.500. The van der Waals surface area contributed by atoms with Crippen LogP contribution in [0.3, 0.4) is 0 Å². The summed E-state index contributed by atoms with van der Waals surface area (Å²) in [5.41, 5.74) is 7.37. The summed E-state index contributed by atoms with van der Waals surface area (Å²) in [4.78, 5) is 6.39. The lowest BCUT2D eigenvalue weighted by molar-refractivity contribution is 0.583. The maximum Gasteiger partial charge on any atom is 0.169 e. The van der Waals surface area contributed by atoms with E-state index in [1.54, 1.807) is 18.0 Å². The SMILES string of the molecule is Cc1ccnc(N2CCSCC2S(C)(=O)=O)c1C(N)=S. The summed E-state index contributed by atoms with van der Waals surface area (Å²) >= 11 is 6.73. The van der Waals surface area contributed by atoms with Crippen LogP contribution in [0.15, 0.2) is 12.3 Å². The van der Waals surface area contributed by atoms with E-state index in [0.29, 0.717) is 23.7 Å². The Balaban J connectivity index is 2.54. The fourth-order valence-electron chi connectivity index (χ4n) is 2.24. The second kappa shape index (κ2) is 5.87. The van der Waals surface area contributed by atoms with Gasteiger partial charge >= 0.3 is 0 Å². The molecule has 0 saturated carbocycles. The molecule has 2 heterocycles. The quantitative estimate of drug-likeness (QED) is 0.826. The first-order valence-corrected chi connectivity index (χ1v) is 9.63. The number of nitrogens with zero attached hydrogens (tertiary/aromatic N) is 2. The molecule has 0 aliphatic carbocycles. The lowest BCUT2D eigenvalue weighted by Gasteiger charge is -2.36. The second-order valence-corrected chi connectivity index (χ2v) is 8.54. The van der Waals surface area contributed by atoms with Crippen LogP contribution >= 0.6 is 24.0 Å². The lowest BCUT2D eigenvalue weighted by Crippen LogP contribution is -2.48. The van der Waals surface area contributed by atoms with Crippen LogP contribution in [0.4, 0.5) is 5.82 Å². The smallest absolute Gasteiger partial charge is 0.169 e. The van der Waals surface area contributed by atoms with Crippen molar-refractivity contribution in [2.45, 2.75) is 12.3 Å². The van der Waals surface area contributed by atoms with Gasteiger partial charge in [-0.05, 0) is 18.6 Å². The predicted molar refractivity (Wildman–Crippen MR) is 88.2 cm³/mol. The Bertz CT molecular complexity index is 631. The zero-order valence-electron chi connectivity index (χ0n) is 11.4. The Morgan fingerprint density at radius 2 is 2.30 bits per heavy atom. The van der Waals surface area contributed by atoms with E-state index < -0.39 is 15.2 Å². The van der Waals surface area contributed by atoms with Crippen molar-refractivity contribution in [2.75, 3.05) is 29.2 Å². The van der Waals surface area contributed by atoms with Crippen LogP contribution < -0.4 is 10.6 Å². The topological polar surface area (TPSA) is 76.3 Å². The van der Waals surface area contributed by atoms with Crippen molar-refractivity contribution in [1.82, 2.24) is 4.98 Å². The first kappa shape index (κ1) is 15.5. The van der Waals surface area contributed by atoms with Gasteiger partial charge in [0.25, 0.3) is 0 Å². The van der Waals surface area contributed by atoms with E-state index in [-0.39, 0.29) is 4.99 Å². The molecule has 1 unspecified atom stereocenters. The molecule has 0 spiro atoms. The highest BCUT2D eigenvalue weighted by Crippen LogP contribution is 2.29. The molecule has 0 radical (unpaired) electrons. The van der Waals surface area contributed by atoms with Crippen LogP contribution in [0, 0.1) is 6.92 Å². The number of thioether (sulfide) groups is 1. The summed E-state index contributed by atoms with van der Waals surface area (Å²) in [6.45, 7) is 2.52. The predicted octanol–water partition coefficient (Wildman–Crippen LogP) is 0.948. The standard InChI is InChI=1S/C12H17N3O2S3/c1-8-3-4-14-12(10(8)11(13)18)15-5-6-19-7-9(15)20(2,16)17/h3-4,9H,5-7H2,1-2H3,(H2,13,18). The molecule has 0 bridgehead atoms. The molecule has 0 amide bonds. The number of hydrogen-bond acceptors (Lipinski definition) is 6. The van der Waals surface area contributed by atoms with Gasteiger partial charge in [0.05, 0.1) is 5.56 Å². The van der Waals surface area contributed by atoms with Gasteiger partial charge in [-0.15, -0.1) is 0 Å². The van der Waals surface area contributed by atoms with Crippen molar-refractivity contribution in [1.29, 1.82) is 0 Å². The number of pyridine rings is 1. The van der Waals surface area contributed by atoms with Crippen LogP contribution in [-0.2, 0) is 9.84 Å². The van der Waals surface area contributed by atoms with E-state index in [1.807, 2.05) is 17.9 Å². The molecular weight excluding hydrogens is 314 g/mol. The highest BCUT2D eigenvalue weighted by atomic mass is 32.2. The third-order valence-corrected chi connectivity index (χ3v) is 6.08. The summed E-state index contributed by atoms with van der Waals surface area (Å²) < 4.78 is 24.0. The third kappa shape index (κ3) is 3.07. The van der Waals surface area contributed by atoms with Gasteiger partial charge in [0.1, 0.15) is 16.2 Å². The van der Waals surface area contributed by atoms with E-state index in [0.717, 1.165) is 11.3 Å². The largest absolute Gasteiger partial charge is 0.389 e. The van der Waals surface area contributed by atoms with Gasteiger partial charge in [-0.2, -0.15) is 11.8 Å². The Labute approximate surface area is 128 Å². The summed E-state index contributed by atoms with van der Waals surface area (Å²) in [5, 5.41) is -0.580. The summed E-state index contributed by atoms with van der Waals surface area (Å²) in [7, 11) is -3.20. The molecule has 1 aromatic heterocycles. The first-order chi connectivity index (χ1) is 9.32. The highest BCUT2D eigenvalue weighted by Gasteiger charge is 2.33. The van der Waals surface area contributed by atoms with Crippen molar-refractivity contribution in [3.8, 4) is 0 Å². The Morgan fingerprint density at radius 1 is 1.60 bits per heavy atom. The molecule has 5 nitrogen and oxygen atoms in total. The molecule has 1 aromatic rings. The Morgan fingerprint density at radius 3 is 2.90 bits per heavy atom. The molecule has 1 aliphatic heterocycles. The van der Waals surface area contributed by atoms with Gasteiger partial charge in [-0.3, -0.25) is 0 Å². The van der Waals surface area contributed by atoms with Crippen LogP contribution in [0.5, 0.6) is 0 Å². The van der Waals surface area contributed by atoms with Crippen LogP contribution in [0.25, 0.3) is 0 Å². The molecule has 2 rings (SSSR count).